The van der Waals surface area contributed by atoms with Crippen LogP contribution in [0.15, 0.2) is 35.2 Å². The van der Waals surface area contributed by atoms with Gasteiger partial charge in [-0.1, -0.05) is 23.2 Å². The van der Waals surface area contributed by atoms with Crippen molar-refractivity contribution in [2.75, 3.05) is 12.3 Å². The van der Waals surface area contributed by atoms with Crippen molar-refractivity contribution in [3.05, 3.63) is 51.5 Å². The summed E-state index contributed by atoms with van der Waals surface area (Å²) in [4.78, 5) is 1.01. The van der Waals surface area contributed by atoms with Crippen molar-refractivity contribution < 1.29 is 4.74 Å². The van der Waals surface area contributed by atoms with Crippen LogP contribution in [0.25, 0.3) is 0 Å². The molecule has 0 bridgehead atoms. The summed E-state index contributed by atoms with van der Waals surface area (Å²) < 4.78 is 5.70. The van der Waals surface area contributed by atoms with Gasteiger partial charge in [-0.25, -0.2) is 0 Å². The summed E-state index contributed by atoms with van der Waals surface area (Å²) >= 11 is 14.0. The SMILES string of the molecule is Nc1ccc(SCc2cc(Cl)cc3c2OCC3)c(Cl)c1. The quantitative estimate of drug-likeness (QED) is 0.650. The third-order valence-corrected chi connectivity index (χ3v) is 4.93. The van der Waals surface area contributed by atoms with Crippen LogP contribution in [0.4, 0.5) is 5.69 Å². The molecule has 1 aliphatic heterocycles. The number of thioether (sulfide) groups is 1. The zero-order valence-corrected chi connectivity index (χ0v) is 13.0. The average Bonchev–Trinajstić information content (AvgIpc) is 2.85. The van der Waals surface area contributed by atoms with Gasteiger partial charge in [0.05, 0.1) is 11.6 Å². The molecule has 2 aromatic carbocycles. The van der Waals surface area contributed by atoms with E-state index in [-0.39, 0.29) is 0 Å². The number of hydrogen-bond acceptors (Lipinski definition) is 3. The zero-order chi connectivity index (χ0) is 14.1. The molecule has 2 nitrogen and oxygen atoms in total. The molecule has 104 valence electrons. The molecular formula is C15H13Cl2NOS. The first-order valence-electron chi connectivity index (χ1n) is 6.25. The second kappa shape index (κ2) is 5.76. The molecule has 1 aliphatic rings. The van der Waals surface area contributed by atoms with E-state index in [0.717, 1.165) is 40.0 Å². The van der Waals surface area contributed by atoms with Crippen LogP contribution in [0.3, 0.4) is 0 Å². The Hall–Kier alpha value is -1.03. The Morgan fingerprint density at radius 2 is 2.05 bits per heavy atom. The molecular weight excluding hydrogens is 313 g/mol. The number of hydrogen-bond donors (Lipinski definition) is 1. The fourth-order valence-corrected chi connectivity index (χ4v) is 3.75. The van der Waals surface area contributed by atoms with Crippen LogP contribution in [-0.4, -0.2) is 6.61 Å². The number of halogens is 2. The van der Waals surface area contributed by atoms with Crippen LogP contribution in [0, 0.1) is 0 Å². The van der Waals surface area contributed by atoms with Crippen LogP contribution in [0.2, 0.25) is 10.0 Å². The van der Waals surface area contributed by atoms with E-state index in [1.54, 1.807) is 17.8 Å². The number of nitrogens with two attached hydrogens (primary N) is 1. The second-order valence-electron chi connectivity index (χ2n) is 4.63. The molecule has 1 heterocycles. The molecule has 0 saturated heterocycles. The molecule has 0 aliphatic carbocycles. The highest BCUT2D eigenvalue weighted by Crippen LogP contribution is 2.38. The first-order chi connectivity index (χ1) is 9.63. The Bertz CT molecular complexity index is 661. The molecule has 3 rings (SSSR count). The summed E-state index contributed by atoms with van der Waals surface area (Å²) in [5.74, 6) is 1.75. The van der Waals surface area contributed by atoms with Crippen LogP contribution >= 0.6 is 35.0 Å². The van der Waals surface area contributed by atoms with E-state index >= 15 is 0 Å². The summed E-state index contributed by atoms with van der Waals surface area (Å²) in [6.45, 7) is 0.732. The molecule has 0 amide bonds. The highest BCUT2D eigenvalue weighted by atomic mass is 35.5. The van der Waals surface area contributed by atoms with E-state index in [9.17, 15) is 0 Å². The van der Waals surface area contributed by atoms with Crippen molar-refractivity contribution in [1.82, 2.24) is 0 Å². The fourth-order valence-electron chi connectivity index (χ4n) is 2.24. The normalized spacial score (nSPS) is 13.1. The van der Waals surface area contributed by atoms with Gasteiger partial charge in [-0.2, -0.15) is 0 Å². The fraction of sp³-hybridized carbons (Fsp3) is 0.200. The number of benzene rings is 2. The minimum absolute atomic E-state index is 0.673. The molecule has 0 atom stereocenters. The maximum absolute atomic E-state index is 6.19. The van der Waals surface area contributed by atoms with Gasteiger partial charge in [-0.15, -0.1) is 11.8 Å². The lowest BCUT2D eigenvalue weighted by Gasteiger charge is -2.10. The standard InChI is InChI=1S/C15H13Cl2NOS/c16-11-5-9-3-4-19-15(9)10(6-11)8-20-14-2-1-12(18)7-13(14)17/h1-2,5-7H,3-4,8,18H2. The van der Waals surface area contributed by atoms with Crippen molar-refractivity contribution >= 4 is 40.7 Å². The maximum atomic E-state index is 6.19. The Morgan fingerprint density at radius 3 is 2.85 bits per heavy atom. The Labute approximate surface area is 132 Å². The minimum atomic E-state index is 0.673. The second-order valence-corrected chi connectivity index (χ2v) is 6.49. The van der Waals surface area contributed by atoms with E-state index in [0.29, 0.717) is 10.7 Å². The number of nitrogen functional groups attached to an aromatic ring is 1. The molecule has 0 unspecified atom stereocenters. The third-order valence-electron chi connectivity index (χ3n) is 3.16. The van der Waals surface area contributed by atoms with Gasteiger partial charge in [0, 0.05) is 33.3 Å². The van der Waals surface area contributed by atoms with Gasteiger partial charge >= 0.3 is 0 Å². The van der Waals surface area contributed by atoms with Gasteiger partial charge in [0.2, 0.25) is 0 Å². The topological polar surface area (TPSA) is 35.2 Å². The van der Waals surface area contributed by atoms with Crippen LogP contribution in [0.1, 0.15) is 11.1 Å². The van der Waals surface area contributed by atoms with Crippen molar-refractivity contribution in [1.29, 1.82) is 0 Å². The molecule has 20 heavy (non-hydrogen) atoms. The Balaban J connectivity index is 1.82. The first kappa shape index (κ1) is 13.9. The predicted molar refractivity (Wildman–Crippen MR) is 86.1 cm³/mol. The highest BCUT2D eigenvalue weighted by Gasteiger charge is 2.17. The van der Waals surface area contributed by atoms with Gasteiger partial charge in [-0.05, 0) is 35.9 Å². The van der Waals surface area contributed by atoms with E-state index in [4.69, 9.17) is 33.7 Å². The van der Waals surface area contributed by atoms with Gasteiger partial charge in [0.1, 0.15) is 5.75 Å². The van der Waals surface area contributed by atoms with Gasteiger partial charge < -0.3 is 10.5 Å². The third kappa shape index (κ3) is 2.85. The molecule has 0 aromatic heterocycles. The Morgan fingerprint density at radius 1 is 1.20 bits per heavy atom. The van der Waals surface area contributed by atoms with Crippen LogP contribution in [0.5, 0.6) is 5.75 Å². The van der Waals surface area contributed by atoms with E-state index in [1.807, 2.05) is 24.3 Å². The van der Waals surface area contributed by atoms with Crippen molar-refractivity contribution in [3.8, 4) is 5.75 Å². The Kier molecular flexibility index (Phi) is 4.01. The largest absolute Gasteiger partial charge is 0.493 e. The molecule has 0 saturated carbocycles. The highest BCUT2D eigenvalue weighted by molar-refractivity contribution is 7.98. The van der Waals surface area contributed by atoms with E-state index in [2.05, 4.69) is 0 Å². The average molecular weight is 326 g/mol. The minimum Gasteiger partial charge on any atom is -0.493 e. The lowest BCUT2D eigenvalue weighted by Crippen LogP contribution is -1.91. The summed E-state index contributed by atoms with van der Waals surface area (Å²) in [6.07, 6.45) is 0.927. The number of fused-ring (bicyclic) bond motifs is 1. The van der Waals surface area contributed by atoms with Gasteiger partial charge in [0.15, 0.2) is 0 Å². The van der Waals surface area contributed by atoms with Gasteiger partial charge in [0.25, 0.3) is 0 Å². The molecule has 0 fully saturated rings. The van der Waals surface area contributed by atoms with Gasteiger partial charge in [-0.3, -0.25) is 0 Å². The van der Waals surface area contributed by atoms with E-state index < -0.39 is 0 Å². The van der Waals surface area contributed by atoms with Crippen LogP contribution < -0.4 is 10.5 Å². The molecule has 0 radical (unpaired) electrons. The summed E-state index contributed by atoms with van der Waals surface area (Å²) in [5.41, 5.74) is 8.67. The lowest BCUT2D eigenvalue weighted by molar-refractivity contribution is 0.354. The predicted octanol–water partition coefficient (Wildman–Crippen LogP) is 4.80. The van der Waals surface area contributed by atoms with Crippen molar-refractivity contribution in [3.63, 3.8) is 0 Å². The number of rotatable bonds is 3. The summed E-state index contributed by atoms with van der Waals surface area (Å²) in [7, 11) is 0. The summed E-state index contributed by atoms with van der Waals surface area (Å²) in [5, 5.41) is 1.43. The smallest absolute Gasteiger partial charge is 0.126 e. The van der Waals surface area contributed by atoms with Crippen molar-refractivity contribution in [2.45, 2.75) is 17.1 Å². The molecule has 0 spiro atoms. The summed E-state index contributed by atoms with van der Waals surface area (Å²) in [6, 6.07) is 9.50. The zero-order valence-electron chi connectivity index (χ0n) is 10.7. The number of ether oxygens (including phenoxy) is 1. The lowest BCUT2D eigenvalue weighted by atomic mass is 10.1. The maximum Gasteiger partial charge on any atom is 0.126 e. The number of anilines is 1. The van der Waals surface area contributed by atoms with Crippen LogP contribution in [-0.2, 0) is 12.2 Å². The van der Waals surface area contributed by atoms with E-state index in [1.165, 1.54) is 5.56 Å². The molecule has 2 N–H and O–H groups in total. The van der Waals surface area contributed by atoms with Crippen molar-refractivity contribution in [2.24, 2.45) is 0 Å². The monoisotopic (exact) mass is 325 g/mol. The molecule has 2 aromatic rings. The first-order valence-corrected chi connectivity index (χ1v) is 7.99. The molecule has 5 heteroatoms.